The molecule has 7 nitrogen and oxygen atoms in total. The van der Waals surface area contributed by atoms with E-state index in [2.05, 4.69) is 9.82 Å². The van der Waals surface area contributed by atoms with Gasteiger partial charge in [-0.3, -0.25) is 4.72 Å². The number of primary amides is 1. The Balaban J connectivity index is 2.16. The van der Waals surface area contributed by atoms with Gasteiger partial charge in [0, 0.05) is 6.07 Å². The number of anilines is 1. The van der Waals surface area contributed by atoms with Crippen molar-refractivity contribution in [3.8, 4) is 0 Å². The Morgan fingerprint density at radius 3 is 2.67 bits per heavy atom. The molecule has 18 heavy (non-hydrogen) atoms. The molecular weight excluding hydrogens is 256 g/mol. The maximum absolute atomic E-state index is 12.1. The molecular formula is C10H16N4O3S. The number of nitrogens with two attached hydrogens (primary N) is 1. The Bertz CT molecular complexity index is 531. The molecule has 1 heterocycles. The van der Waals surface area contributed by atoms with E-state index in [0.717, 1.165) is 23.9 Å². The van der Waals surface area contributed by atoms with Gasteiger partial charge in [0.15, 0.2) is 0 Å². The zero-order chi connectivity index (χ0) is 13.2. The molecule has 1 aliphatic carbocycles. The van der Waals surface area contributed by atoms with Crippen LogP contribution in [0, 0.1) is 0 Å². The van der Waals surface area contributed by atoms with Crippen molar-refractivity contribution in [3.63, 3.8) is 0 Å². The van der Waals surface area contributed by atoms with E-state index >= 15 is 0 Å². The number of rotatable bonds is 3. The third kappa shape index (κ3) is 2.63. The van der Waals surface area contributed by atoms with E-state index in [1.807, 2.05) is 0 Å². The second kappa shape index (κ2) is 4.97. The van der Waals surface area contributed by atoms with Gasteiger partial charge in [0.25, 0.3) is 0 Å². The number of amides is 1. The highest BCUT2D eigenvalue weighted by Crippen LogP contribution is 2.25. The van der Waals surface area contributed by atoms with Gasteiger partial charge in [-0.1, -0.05) is 19.3 Å². The first kappa shape index (κ1) is 12.9. The molecule has 1 aromatic rings. The molecule has 0 aromatic carbocycles. The van der Waals surface area contributed by atoms with Crippen molar-refractivity contribution < 1.29 is 13.2 Å². The maximum Gasteiger partial charge on any atom is 0.341 e. The SMILES string of the molecule is NC(=O)n1nccc1NS(=O)(=O)C1CCCCC1. The van der Waals surface area contributed by atoms with Crippen LogP contribution in [0.25, 0.3) is 0 Å². The highest BCUT2D eigenvalue weighted by atomic mass is 32.2. The monoisotopic (exact) mass is 272 g/mol. The van der Waals surface area contributed by atoms with Gasteiger partial charge in [0.05, 0.1) is 11.4 Å². The van der Waals surface area contributed by atoms with Crippen LogP contribution in [0.4, 0.5) is 10.6 Å². The van der Waals surface area contributed by atoms with Crippen LogP contribution in [-0.2, 0) is 10.0 Å². The van der Waals surface area contributed by atoms with Crippen molar-refractivity contribution in [2.75, 3.05) is 4.72 Å². The summed E-state index contributed by atoms with van der Waals surface area (Å²) in [6, 6.07) is 0.590. The Morgan fingerprint density at radius 1 is 1.39 bits per heavy atom. The highest BCUT2D eigenvalue weighted by Gasteiger charge is 2.28. The number of hydrogen-bond donors (Lipinski definition) is 2. The maximum atomic E-state index is 12.1. The first-order chi connectivity index (χ1) is 8.50. The summed E-state index contributed by atoms with van der Waals surface area (Å²) in [6.07, 6.45) is 5.54. The quantitative estimate of drug-likeness (QED) is 0.851. The number of nitrogens with zero attached hydrogens (tertiary/aromatic N) is 2. The van der Waals surface area contributed by atoms with Gasteiger partial charge in [0.2, 0.25) is 10.0 Å². The van der Waals surface area contributed by atoms with Crippen LogP contribution in [0.1, 0.15) is 32.1 Å². The fourth-order valence-electron chi connectivity index (χ4n) is 2.16. The molecule has 0 spiro atoms. The lowest BCUT2D eigenvalue weighted by atomic mass is 10.0. The first-order valence-electron chi connectivity index (χ1n) is 5.86. The van der Waals surface area contributed by atoms with Crippen LogP contribution >= 0.6 is 0 Å². The van der Waals surface area contributed by atoms with Crippen molar-refractivity contribution in [1.82, 2.24) is 9.78 Å². The van der Waals surface area contributed by atoms with Gasteiger partial charge < -0.3 is 5.73 Å². The molecule has 1 aromatic heterocycles. The van der Waals surface area contributed by atoms with Crippen molar-refractivity contribution in [2.45, 2.75) is 37.4 Å². The highest BCUT2D eigenvalue weighted by molar-refractivity contribution is 7.93. The van der Waals surface area contributed by atoms with Crippen LogP contribution in [0.5, 0.6) is 0 Å². The minimum Gasteiger partial charge on any atom is -0.350 e. The van der Waals surface area contributed by atoms with Crippen molar-refractivity contribution >= 4 is 21.9 Å². The van der Waals surface area contributed by atoms with E-state index in [1.165, 1.54) is 12.3 Å². The van der Waals surface area contributed by atoms with Crippen LogP contribution < -0.4 is 10.5 Å². The molecule has 3 N–H and O–H groups in total. The third-order valence-corrected chi connectivity index (χ3v) is 4.93. The largest absolute Gasteiger partial charge is 0.350 e. The molecule has 1 saturated carbocycles. The molecule has 8 heteroatoms. The summed E-state index contributed by atoms with van der Waals surface area (Å²) < 4.78 is 27.5. The Hall–Kier alpha value is -1.57. The summed E-state index contributed by atoms with van der Waals surface area (Å²) in [4.78, 5) is 11.0. The molecule has 0 aliphatic heterocycles. The third-order valence-electron chi connectivity index (χ3n) is 3.09. The molecule has 0 atom stereocenters. The smallest absolute Gasteiger partial charge is 0.341 e. The summed E-state index contributed by atoms with van der Waals surface area (Å²) in [6.45, 7) is 0. The molecule has 1 aliphatic rings. The van der Waals surface area contributed by atoms with Gasteiger partial charge >= 0.3 is 6.03 Å². The molecule has 1 fully saturated rings. The minimum atomic E-state index is -3.48. The second-order valence-corrected chi connectivity index (χ2v) is 6.33. The number of carbonyl (C=O) groups excluding carboxylic acids is 1. The van der Waals surface area contributed by atoms with Crippen LogP contribution in [-0.4, -0.2) is 29.5 Å². The number of nitrogens with one attached hydrogen (secondary N) is 1. The number of carbonyl (C=O) groups is 1. The van der Waals surface area contributed by atoms with Crippen molar-refractivity contribution in [1.29, 1.82) is 0 Å². The van der Waals surface area contributed by atoms with Gasteiger partial charge in [-0.2, -0.15) is 9.78 Å². The summed E-state index contributed by atoms with van der Waals surface area (Å²) in [5, 5.41) is 3.26. The average molecular weight is 272 g/mol. The van der Waals surface area contributed by atoms with Gasteiger partial charge in [0.1, 0.15) is 5.82 Å². The Labute approximate surface area is 105 Å². The lowest BCUT2D eigenvalue weighted by Gasteiger charge is -2.22. The van der Waals surface area contributed by atoms with Crippen LogP contribution in [0.15, 0.2) is 12.3 Å². The topological polar surface area (TPSA) is 107 Å². The van der Waals surface area contributed by atoms with E-state index in [1.54, 1.807) is 0 Å². The Kier molecular flexibility index (Phi) is 3.55. The molecule has 1 amide bonds. The predicted molar refractivity (Wildman–Crippen MR) is 66.6 cm³/mol. The zero-order valence-electron chi connectivity index (χ0n) is 9.87. The van der Waals surface area contributed by atoms with Crippen LogP contribution in [0.2, 0.25) is 0 Å². The first-order valence-corrected chi connectivity index (χ1v) is 7.41. The number of sulfonamides is 1. The summed E-state index contributed by atoms with van der Waals surface area (Å²) >= 11 is 0. The fourth-order valence-corrected chi connectivity index (χ4v) is 3.73. The van der Waals surface area contributed by atoms with Crippen molar-refractivity contribution in [3.05, 3.63) is 12.3 Å². The van der Waals surface area contributed by atoms with E-state index in [-0.39, 0.29) is 5.82 Å². The summed E-state index contributed by atoms with van der Waals surface area (Å²) in [5.74, 6) is 0.0908. The van der Waals surface area contributed by atoms with E-state index < -0.39 is 21.3 Å². The van der Waals surface area contributed by atoms with E-state index in [9.17, 15) is 13.2 Å². The molecule has 0 unspecified atom stereocenters. The Morgan fingerprint density at radius 2 is 2.06 bits per heavy atom. The normalized spacial score (nSPS) is 17.6. The standard InChI is InChI=1S/C10H16N4O3S/c11-10(15)14-9(6-7-12-14)13-18(16,17)8-4-2-1-3-5-8/h6-8,13H,1-5H2,(H2,11,15). The fraction of sp³-hybridized carbons (Fsp3) is 0.600. The molecule has 0 saturated heterocycles. The minimum absolute atomic E-state index is 0.0908. The summed E-state index contributed by atoms with van der Waals surface area (Å²) in [5.41, 5.74) is 5.08. The molecule has 0 bridgehead atoms. The lowest BCUT2D eigenvalue weighted by Crippen LogP contribution is -2.32. The molecule has 2 rings (SSSR count). The zero-order valence-corrected chi connectivity index (χ0v) is 10.7. The van der Waals surface area contributed by atoms with Crippen LogP contribution in [0.3, 0.4) is 0 Å². The number of hydrogen-bond acceptors (Lipinski definition) is 4. The lowest BCUT2D eigenvalue weighted by molar-refractivity contribution is 0.248. The molecule has 0 radical (unpaired) electrons. The van der Waals surface area contributed by atoms with E-state index in [0.29, 0.717) is 12.8 Å². The second-order valence-electron chi connectivity index (χ2n) is 4.37. The van der Waals surface area contributed by atoms with Gasteiger partial charge in [-0.05, 0) is 12.8 Å². The summed E-state index contributed by atoms with van der Waals surface area (Å²) in [7, 11) is -3.48. The predicted octanol–water partition coefficient (Wildman–Crippen LogP) is 0.884. The molecule has 100 valence electrons. The van der Waals surface area contributed by atoms with Gasteiger partial charge in [-0.25, -0.2) is 13.2 Å². The number of aromatic nitrogens is 2. The van der Waals surface area contributed by atoms with Gasteiger partial charge in [-0.15, -0.1) is 0 Å². The average Bonchev–Trinajstić information content (AvgIpc) is 2.78. The van der Waals surface area contributed by atoms with Crippen molar-refractivity contribution in [2.24, 2.45) is 5.73 Å². The van der Waals surface area contributed by atoms with E-state index in [4.69, 9.17) is 5.73 Å².